The van der Waals surface area contributed by atoms with Crippen molar-refractivity contribution in [3.63, 3.8) is 0 Å². The van der Waals surface area contributed by atoms with E-state index in [1.54, 1.807) is 19.2 Å². The maximum atomic E-state index is 9.06. The van der Waals surface area contributed by atoms with Gasteiger partial charge in [-0.3, -0.25) is 0 Å². The predicted molar refractivity (Wildman–Crippen MR) is 69.7 cm³/mol. The Kier molecular flexibility index (Phi) is 4.43. The van der Waals surface area contributed by atoms with E-state index in [0.717, 1.165) is 37.6 Å². The summed E-state index contributed by atoms with van der Waals surface area (Å²) >= 11 is 0. The van der Waals surface area contributed by atoms with Gasteiger partial charge >= 0.3 is 0 Å². The average molecular weight is 246 g/mol. The van der Waals surface area contributed by atoms with Crippen LogP contribution in [-0.4, -0.2) is 26.9 Å². The maximum absolute atomic E-state index is 9.06. The summed E-state index contributed by atoms with van der Waals surface area (Å²) < 4.78 is 10.6. The topological polar surface area (TPSA) is 54.3 Å². The van der Waals surface area contributed by atoms with E-state index in [4.69, 9.17) is 14.7 Å². The zero-order valence-electron chi connectivity index (χ0n) is 10.6. The first-order valence-corrected chi connectivity index (χ1v) is 6.23. The summed E-state index contributed by atoms with van der Waals surface area (Å²) in [4.78, 5) is 0. The van der Waals surface area contributed by atoms with E-state index >= 15 is 0 Å². The molecule has 1 aromatic carbocycles. The first kappa shape index (κ1) is 12.7. The highest BCUT2D eigenvalue weighted by molar-refractivity contribution is 5.60. The lowest BCUT2D eigenvalue weighted by atomic mass is 10.0. The highest BCUT2D eigenvalue weighted by atomic mass is 16.5. The molecule has 1 aliphatic heterocycles. The molecule has 1 N–H and O–H groups in total. The molecule has 0 amide bonds. The number of rotatable bonds is 4. The van der Waals surface area contributed by atoms with Crippen molar-refractivity contribution in [1.29, 1.82) is 5.26 Å². The summed E-state index contributed by atoms with van der Waals surface area (Å²) in [5.41, 5.74) is 1.48. The zero-order chi connectivity index (χ0) is 12.8. The molecule has 0 aliphatic carbocycles. The summed E-state index contributed by atoms with van der Waals surface area (Å²) in [5, 5.41) is 12.4. The molecule has 1 atom stereocenters. The van der Waals surface area contributed by atoms with Crippen molar-refractivity contribution in [3.8, 4) is 11.8 Å². The molecule has 0 radical (unpaired) electrons. The number of hydrogen-bond acceptors (Lipinski definition) is 4. The molecule has 0 saturated carbocycles. The van der Waals surface area contributed by atoms with Gasteiger partial charge in [0, 0.05) is 19.2 Å². The third-order valence-corrected chi connectivity index (χ3v) is 3.18. The molecule has 0 spiro atoms. The van der Waals surface area contributed by atoms with Crippen LogP contribution in [0.15, 0.2) is 18.2 Å². The number of hydrogen-bond donors (Lipinski definition) is 1. The highest BCUT2D eigenvalue weighted by Crippen LogP contribution is 2.23. The number of benzene rings is 1. The van der Waals surface area contributed by atoms with E-state index in [9.17, 15) is 0 Å². The molecule has 1 heterocycles. The zero-order valence-corrected chi connectivity index (χ0v) is 10.6. The van der Waals surface area contributed by atoms with E-state index in [1.165, 1.54) is 6.42 Å². The van der Waals surface area contributed by atoms with Crippen LogP contribution in [0.25, 0.3) is 0 Å². The van der Waals surface area contributed by atoms with Crippen molar-refractivity contribution in [2.45, 2.75) is 12.8 Å². The van der Waals surface area contributed by atoms with Gasteiger partial charge < -0.3 is 14.8 Å². The Morgan fingerprint density at radius 3 is 3.11 bits per heavy atom. The normalized spacial score (nSPS) is 19.0. The maximum Gasteiger partial charge on any atom is 0.121 e. The lowest BCUT2D eigenvalue weighted by Crippen LogP contribution is -2.24. The monoisotopic (exact) mass is 246 g/mol. The smallest absolute Gasteiger partial charge is 0.121 e. The molecule has 4 heteroatoms. The van der Waals surface area contributed by atoms with Gasteiger partial charge in [-0.05, 0) is 30.9 Å². The van der Waals surface area contributed by atoms with Crippen molar-refractivity contribution < 1.29 is 9.47 Å². The minimum atomic E-state index is 0.525. The van der Waals surface area contributed by atoms with Crippen molar-refractivity contribution in [2.75, 3.05) is 32.2 Å². The Bertz CT molecular complexity index is 434. The quantitative estimate of drug-likeness (QED) is 0.886. The van der Waals surface area contributed by atoms with Crippen LogP contribution in [0, 0.1) is 17.2 Å². The minimum absolute atomic E-state index is 0.525. The van der Waals surface area contributed by atoms with Crippen molar-refractivity contribution in [1.82, 2.24) is 0 Å². The molecule has 96 valence electrons. The van der Waals surface area contributed by atoms with Crippen LogP contribution in [0.2, 0.25) is 0 Å². The lowest BCUT2D eigenvalue weighted by Gasteiger charge is -2.23. The fraction of sp³-hybridized carbons (Fsp3) is 0.500. The number of nitriles is 1. The predicted octanol–water partition coefficient (Wildman–Crippen LogP) is 2.41. The van der Waals surface area contributed by atoms with E-state index in [2.05, 4.69) is 11.4 Å². The lowest BCUT2D eigenvalue weighted by molar-refractivity contribution is 0.0595. The molecule has 18 heavy (non-hydrogen) atoms. The summed E-state index contributed by atoms with van der Waals surface area (Å²) in [6.45, 7) is 2.51. The van der Waals surface area contributed by atoms with Gasteiger partial charge in [-0.2, -0.15) is 5.26 Å². The van der Waals surface area contributed by atoms with Gasteiger partial charge in [-0.1, -0.05) is 0 Å². The Morgan fingerprint density at radius 2 is 2.44 bits per heavy atom. The Morgan fingerprint density at radius 1 is 1.56 bits per heavy atom. The van der Waals surface area contributed by atoms with E-state index in [1.807, 2.05) is 6.07 Å². The van der Waals surface area contributed by atoms with Gasteiger partial charge in [0.25, 0.3) is 0 Å². The van der Waals surface area contributed by atoms with Crippen LogP contribution in [0.4, 0.5) is 5.69 Å². The molecule has 4 nitrogen and oxygen atoms in total. The van der Waals surface area contributed by atoms with E-state index in [0.29, 0.717) is 11.5 Å². The molecular weight excluding hydrogens is 228 g/mol. The second kappa shape index (κ2) is 6.27. The number of nitrogens with zero attached hydrogens (tertiary/aromatic N) is 1. The van der Waals surface area contributed by atoms with E-state index < -0.39 is 0 Å². The molecule has 0 bridgehead atoms. The second-order valence-corrected chi connectivity index (χ2v) is 4.49. The van der Waals surface area contributed by atoms with Crippen LogP contribution in [0.1, 0.15) is 18.4 Å². The van der Waals surface area contributed by atoms with Crippen LogP contribution < -0.4 is 10.1 Å². The van der Waals surface area contributed by atoms with E-state index in [-0.39, 0.29) is 0 Å². The Hall–Kier alpha value is -1.73. The fourth-order valence-electron chi connectivity index (χ4n) is 2.12. The molecule has 1 saturated heterocycles. The number of methoxy groups -OCH3 is 1. The van der Waals surface area contributed by atoms with Gasteiger partial charge in [0.1, 0.15) is 11.8 Å². The average Bonchev–Trinajstić information content (AvgIpc) is 2.45. The van der Waals surface area contributed by atoms with Crippen molar-refractivity contribution >= 4 is 5.69 Å². The summed E-state index contributed by atoms with van der Waals surface area (Å²) in [5.74, 6) is 1.29. The standard InChI is InChI=1S/C14H18N2O2/c1-17-13-5-4-12(8-15)14(7-13)16-9-11-3-2-6-18-10-11/h4-5,7,11,16H,2-3,6,9-10H2,1H3. The van der Waals surface area contributed by atoms with Crippen molar-refractivity contribution in [3.05, 3.63) is 23.8 Å². The van der Waals surface area contributed by atoms with Gasteiger partial charge in [0.05, 0.1) is 25.0 Å². The van der Waals surface area contributed by atoms with Crippen LogP contribution in [-0.2, 0) is 4.74 Å². The van der Waals surface area contributed by atoms with Gasteiger partial charge in [0.15, 0.2) is 0 Å². The molecule has 1 unspecified atom stereocenters. The molecule has 1 fully saturated rings. The first-order valence-electron chi connectivity index (χ1n) is 6.23. The molecule has 1 aromatic rings. The molecule has 1 aliphatic rings. The van der Waals surface area contributed by atoms with Crippen LogP contribution in [0.5, 0.6) is 5.75 Å². The van der Waals surface area contributed by atoms with Crippen LogP contribution in [0.3, 0.4) is 0 Å². The molecular formula is C14H18N2O2. The molecule has 2 rings (SSSR count). The van der Waals surface area contributed by atoms with Gasteiger partial charge in [0.2, 0.25) is 0 Å². The molecule has 0 aromatic heterocycles. The highest BCUT2D eigenvalue weighted by Gasteiger charge is 2.14. The largest absolute Gasteiger partial charge is 0.497 e. The first-order chi connectivity index (χ1) is 8.83. The Labute approximate surface area is 108 Å². The fourth-order valence-corrected chi connectivity index (χ4v) is 2.12. The SMILES string of the molecule is COc1ccc(C#N)c(NCC2CCCOC2)c1. The second-order valence-electron chi connectivity index (χ2n) is 4.49. The van der Waals surface area contributed by atoms with Gasteiger partial charge in [-0.15, -0.1) is 0 Å². The summed E-state index contributed by atoms with van der Waals surface area (Å²) in [7, 11) is 1.63. The Balaban J connectivity index is 2.00. The minimum Gasteiger partial charge on any atom is -0.497 e. The van der Waals surface area contributed by atoms with Crippen molar-refractivity contribution in [2.24, 2.45) is 5.92 Å². The number of anilines is 1. The third-order valence-electron chi connectivity index (χ3n) is 3.18. The number of nitrogens with one attached hydrogen (secondary N) is 1. The summed E-state index contributed by atoms with van der Waals surface area (Å²) in [6.07, 6.45) is 2.30. The van der Waals surface area contributed by atoms with Gasteiger partial charge in [-0.25, -0.2) is 0 Å². The third kappa shape index (κ3) is 3.14. The number of ether oxygens (including phenoxy) is 2. The summed E-state index contributed by atoms with van der Waals surface area (Å²) in [6, 6.07) is 7.62. The van der Waals surface area contributed by atoms with Crippen LogP contribution >= 0.6 is 0 Å².